The van der Waals surface area contributed by atoms with Crippen molar-refractivity contribution < 1.29 is 22.8 Å². The van der Waals surface area contributed by atoms with Gasteiger partial charge >= 0.3 is 0 Å². The molecule has 4 rings (SSSR count). The number of carbonyl (C=O) groups excluding carboxylic acids is 2. The number of alkyl halides is 2. The van der Waals surface area contributed by atoms with Crippen LogP contribution in [0.3, 0.4) is 0 Å². The number of hydrogen-bond acceptors (Lipinski definition) is 6. The summed E-state index contributed by atoms with van der Waals surface area (Å²) in [7, 11) is 1.66. The maximum atomic E-state index is 13.6. The lowest BCUT2D eigenvalue weighted by molar-refractivity contribution is -0.145. The lowest BCUT2D eigenvalue weighted by atomic mass is 10.1. The summed E-state index contributed by atoms with van der Waals surface area (Å²) in [6, 6.07) is 8.28. The molecule has 9 nitrogen and oxygen atoms in total. The van der Waals surface area contributed by atoms with E-state index in [2.05, 4.69) is 15.7 Å². The molecule has 2 aromatic carbocycles. The van der Waals surface area contributed by atoms with Gasteiger partial charge in [-0.15, -0.1) is 12.4 Å². The SMILES string of the molecule is CCNCCN(C(=O)CNCC(=O)N(C)N1Cc2ccc(F)cc2C1)c1cc2c(cc1C)c(CC)nn2CC(F)F.Cl. The highest BCUT2D eigenvalue weighted by Crippen LogP contribution is 2.30. The fraction of sp³-hybridized carbons (Fsp3) is 0.483. The number of benzene rings is 2. The lowest BCUT2D eigenvalue weighted by Gasteiger charge is -2.28. The van der Waals surface area contributed by atoms with Crippen LogP contribution in [0.2, 0.25) is 0 Å². The number of likely N-dealkylation sites (N-methyl/N-ethyl adjacent to an activating group) is 2. The van der Waals surface area contributed by atoms with Crippen molar-refractivity contribution in [2.75, 3.05) is 44.7 Å². The van der Waals surface area contributed by atoms with Crippen LogP contribution in [0, 0.1) is 12.7 Å². The summed E-state index contributed by atoms with van der Waals surface area (Å²) in [4.78, 5) is 28.0. The Morgan fingerprint density at radius 2 is 1.76 bits per heavy atom. The van der Waals surface area contributed by atoms with Gasteiger partial charge in [-0.3, -0.25) is 24.6 Å². The number of carbonyl (C=O) groups is 2. The Kier molecular flexibility index (Phi) is 11.7. The molecule has 0 saturated carbocycles. The quantitative estimate of drug-likeness (QED) is 0.288. The molecule has 230 valence electrons. The zero-order valence-electron chi connectivity index (χ0n) is 24.4. The number of amides is 2. The first-order chi connectivity index (χ1) is 19.6. The van der Waals surface area contributed by atoms with Crippen LogP contribution in [0.25, 0.3) is 10.9 Å². The van der Waals surface area contributed by atoms with Gasteiger partial charge in [0.1, 0.15) is 12.4 Å². The molecule has 2 N–H and O–H groups in total. The number of fused-ring (bicyclic) bond motifs is 2. The fourth-order valence-electron chi connectivity index (χ4n) is 5.15. The first-order valence-electron chi connectivity index (χ1n) is 13.9. The standard InChI is InChI=1S/C29H38F3N7O2.ClH/c1-5-24-23-11-19(3)25(13-26(23)39(35-24)18-27(31)32)38(10-9-33-6-2)29(41)15-34-14-28(40)36(4)37-16-20-7-8-22(30)12-21(20)17-37;/h7-8,11-13,27,33-34H,5-6,9-10,14-18H2,1-4H3;1H. The topological polar surface area (TPSA) is 85.7 Å². The van der Waals surface area contributed by atoms with Gasteiger partial charge in [0.2, 0.25) is 5.91 Å². The monoisotopic (exact) mass is 609 g/mol. The Morgan fingerprint density at radius 1 is 1.05 bits per heavy atom. The molecular formula is C29H39ClF3N7O2. The molecule has 2 heterocycles. The van der Waals surface area contributed by atoms with Crippen molar-refractivity contribution in [3.05, 3.63) is 58.5 Å². The van der Waals surface area contributed by atoms with Crippen molar-refractivity contribution in [2.45, 2.75) is 53.3 Å². The molecule has 1 aliphatic rings. The zero-order valence-corrected chi connectivity index (χ0v) is 25.2. The zero-order chi connectivity index (χ0) is 29.7. The van der Waals surface area contributed by atoms with Crippen LogP contribution in [0.4, 0.5) is 18.9 Å². The van der Waals surface area contributed by atoms with Crippen LogP contribution in [0.1, 0.15) is 36.2 Å². The van der Waals surface area contributed by atoms with Crippen LogP contribution >= 0.6 is 12.4 Å². The maximum Gasteiger partial charge on any atom is 0.257 e. The molecule has 0 saturated heterocycles. The Bertz CT molecular complexity index is 1400. The van der Waals surface area contributed by atoms with Gasteiger partial charge in [-0.1, -0.05) is 19.9 Å². The molecule has 0 unspecified atom stereocenters. The number of hydrogen-bond donors (Lipinski definition) is 2. The van der Waals surface area contributed by atoms with Crippen LogP contribution in [0.5, 0.6) is 0 Å². The van der Waals surface area contributed by atoms with Gasteiger partial charge in [-0.2, -0.15) is 5.10 Å². The number of nitrogens with zero attached hydrogens (tertiary/aromatic N) is 5. The van der Waals surface area contributed by atoms with E-state index >= 15 is 0 Å². The van der Waals surface area contributed by atoms with Gasteiger partial charge < -0.3 is 10.2 Å². The molecule has 2 amide bonds. The van der Waals surface area contributed by atoms with Crippen LogP contribution in [-0.2, 0) is 35.6 Å². The maximum absolute atomic E-state index is 13.6. The van der Waals surface area contributed by atoms with E-state index in [-0.39, 0.29) is 43.1 Å². The highest BCUT2D eigenvalue weighted by atomic mass is 35.5. The molecule has 0 atom stereocenters. The summed E-state index contributed by atoms with van der Waals surface area (Å²) in [5.74, 6) is -0.788. The van der Waals surface area contributed by atoms with Gasteiger partial charge in [0.25, 0.3) is 12.3 Å². The van der Waals surface area contributed by atoms with Gasteiger partial charge in [0, 0.05) is 44.3 Å². The fourth-order valence-corrected chi connectivity index (χ4v) is 5.15. The van der Waals surface area contributed by atoms with E-state index < -0.39 is 13.0 Å². The third-order valence-corrected chi connectivity index (χ3v) is 7.36. The lowest BCUT2D eigenvalue weighted by Crippen LogP contribution is -2.47. The largest absolute Gasteiger partial charge is 0.315 e. The molecule has 42 heavy (non-hydrogen) atoms. The minimum Gasteiger partial charge on any atom is -0.315 e. The Morgan fingerprint density at radius 3 is 2.45 bits per heavy atom. The normalized spacial score (nSPS) is 13.0. The molecule has 0 aliphatic carbocycles. The summed E-state index contributed by atoms with van der Waals surface area (Å²) >= 11 is 0. The van der Waals surface area contributed by atoms with Gasteiger partial charge in [0.15, 0.2) is 0 Å². The molecule has 0 radical (unpaired) electrons. The van der Waals surface area contributed by atoms with E-state index in [1.54, 1.807) is 24.1 Å². The molecular weight excluding hydrogens is 571 g/mol. The van der Waals surface area contributed by atoms with Crippen molar-refractivity contribution in [3.8, 4) is 0 Å². The van der Waals surface area contributed by atoms with E-state index in [4.69, 9.17) is 0 Å². The van der Waals surface area contributed by atoms with Crippen molar-refractivity contribution >= 4 is 40.8 Å². The number of halogens is 4. The second-order valence-corrected chi connectivity index (χ2v) is 10.2. The number of nitrogens with one attached hydrogen (secondary N) is 2. The first-order valence-corrected chi connectivity index (χ1v) is 13.9. The molecule has 3 aromatic rings. The summed E-state index contributed by atoms with van der Waals surface area (Å²) < 4.78 is 41.5. The highest BCUT2D eigenvalue weighted by molar-refractivity contribution is 5.98. The minimum absolute atomic E-state index is 0. The van der Waals surface area contributed by atoms with Crippen LogP contribution in [-0.4, -0.2) is 77.8 Å². The number of aromatic nitrogens is 2. The predicted octanol–water partition coefficient (Wildman–Crippen LogP) is 3.65. The Hall–Kier alpha value is -3.19. The van der Waals surface area contributed by atoms with Gasteiger partial charge in [-0.05, 0) is 60.8 Å². The Labute approximate surface area is 250 Å². The summed E-state index contributed by atoms with van der Waals surface area (Å²) in [5.41, 5.74) is 4.55. The first kappa shape index (κ1) is 33.3. The number of aryl methyl sites for hydroxylation is 2. The number of hydrazine groups is 1. The van der Waals surface area contributed by atoms with Crippen LogP contribution < -0.4 is 15.5 Å². The number of rotatable bonds is 13. The molecule has 0 bridgehead atoms. The van der Waals surface area contributed by atoms with Crippen molar-refractivity contribution in [1.82, 2.24) is 30.4 Å². The van der Waals surface area contributed by atoms with E-state index in [9.17, 15) is 22.8 Å². The third kappa shape index (κ3) is 7.60. The highest BCUT2D eigenvalue weighted by Gasteiger charge is 2.26. The van der Waals surface area contributed by atoms with Crippen molar-refractivity contribution in [1.29, 1.82) is 0 Å². The van der Waals surface area contributed by atoms with Gasteiger partial charge in [0.05, 0.1) is 24.3 Å². The molecule has 1 aliphatic heterocycles. The van der Waals surface area contributed by atoms with Crippen LogP contribution in [0.15, 0.2) is 30.3 Å². The van der Waals surface area contributed by atoms with E-state index in [1.807, 2.05) is 31.8 Å². The Balaban J connectivity index is 0.00000484. The third-order valence-electron chi connectivity index (χ3n) is 7.36. The van der Waals surface area contributed by atoms with E-state index in [0.29, 0.717) is 43.8 Å². The molecule has 1 aromatic heterocycles. The minimum atomic E-state index is -2.56. The second kappa shape index (κ2) is 14.8. The predicted molar refractivity (Wildman–Crippen MR) is 159 cm³/mol. The summed E-state index contributed by atoms with van der Waals surface area (Å²) in [6.07, 6.45) is -1.96. The molecule has 13 heteroatoms. The molecule has 0 fully saturated rings. The summed E-state index contributed by atoms with van der Waals surface area (Å²) in [6.45, 7) is 7.65. The average Bonchev–Trinajstić information content (AvgIpc) is 3.50. The second-order valence-electron chi connectivity index (χ2n) is 10.2. The van der Waals surface area contributed by atoms with Crippen molar-refractivity contribution in [3.63, 3.8) is 0 Å². The smallest absolute Gasteiger partial charge is 0.257 e. The van der Waals surface area contributed by atoms with Crippen molar-refractivity contribution in [2.24, 2.45) is 0 Å². The summed E-state index contributed by atoms with van der Waals surface area (Å²) in [5, 5.41) is 14.7. The number of anilines is 1. The van der Waals surface area contributed by atoms with Gasteiger partial charge in [-0.25, -0.2) is 18.2 Å². The average molecular weight is 610 g/mol. The van der Waals surface area contributed by atoms with E-state index in [0.717, 1.165) is 34.3 Å². The van der Waals surface area contributed by atoms with E-state index in [1.165, 1.54) is 21.8 Å². The molecule has 0 spiro atoms.